The number of alkyl halides is 6. The Hall–Kier alpha value is -5.72. The van der Waals surface area contributed by atoms with Crippen LogP contribution in [0.5, 0.6) is 0 Å². The van der Waals surface area contributed by atoms with Crippen molar-refractivity contribution in [2.24, 2.45) is 9.98 Å². The van der Waals surface area contributed by atoms with E-state index in [1.807, 2.05) is 21.9 Å². The number of fused-ring (bicyclic) bond motifs is 2. The van der Waals surface area contributed by atoms with E-state index in [-0.39, 0.29) is 46.1 Å². The summed E-state index contributed by atoms with van der Waals surface area (Å²) in [5, 5.41) is 11.2. The number of halogens is 8. The summed E-state index contributed by atoms with van der Waals surface area (Å²) >= 11 is 14.1. The second-order valence-corrected chi connectivity index (χ2v) is 19.3. The average molecular weight is 1110 g/mol. The monoisotopic (exact) mass is 1100 g/mol. The van der Waals surface area contributed by atoms with Gasteiger partial charge >= 0.3 is 12.4 Å². The van der Waals surface area contributed by atoms with Crippen LogP contribution in [0.2, 0.25) is 10.0 Å². The number of carbonyl (C=O) groups is 2. The van der Waals surface area contributed by atoms with Gasteiger partial charge in [-0.1, -0.05) is 47.5 Å². The third-order valence-electron chi connectivity index (χ3n) is 11.3. The van der Waals surface area contributed by atoms with E-state index in [9.17, 15) is 35.9 Å². The molecule has 0 atom stereocenters. The van der Waals surface area contributed by atoms with Gasteiger partial charge in [-0.05, 0) is 106 Å². The number of methoxy groups -OCH3 is 4. The fourth-order valence-corrected chi connectivity index (χ4v) is 9.92. The normalized spacial score (nSPS) is 15.1. The third kappa shape index (κ3) is 14.4. The molecule has 392 valence electrons. The maximum atomic E-state index is 13.5. The van der Waals surface area contributed by atoms with Crippen molar-refractivity contribution in [2.75, 3.05) is 81.0 Å². The zero-order chi connectivity index (χ0) is 53.2. The molecule has 4 heterocycles. The molecule has 8 rings (SSSR count). The van der Waals surface area contributed by atoms with Gasteiger partial charge in [-0.25, -0.2) is 0 Å². The lowest BCUT2D eigenvalue weighted by Crippen LogP contribution is -2.34. The van der Waals surface area contributed by atoms with Gasteiger partial charge in [0, 0.05) is 75.4 Å². The summed E-state index contributed by atoms with van der Waals surface area (Å²) in [5.74, 6) is -0.670. The van der Waals surface area contributed by atoms with E-state index in [4.69, 9.17) is 42.1 Å². The molecule has 0 saturated carbocycles. The topological polar surface area (TPSA) is 138 Å². The van der Waals surface area contributed by atoms with Gasteiger partial charge in [0.2, 0.25) is 0 Å². The zero-order valence-corrected chi connectivity index (χ0v) is 43.3. The van der Waals surface area contributed by atoms with E-state index in [2.05, 4.69) is 20.2 Å². The minimum absolute atomic E-state index is 0.0195. The summed E-state index contributed by atoms with van der Waals surface area (Å²) in [5.41, 5.74) is 1.39. The van der Waals surface area contributed by atoms with E-state index >= 15 is 0 Å². The Balaban J connectivity index is 0.000000216. The van der Waals surface area contributed by atoms with Crippen LogP contribution < -0.4 is 0 Å². The number of rotatable bonds is 18. The Kier molecular flexibility index (Phi) is 19.1. The van der Waals surface area contributed by atoms with Gasteiger partial charge < -0.3 is 28.7 Å². The van der Waals surface area contributed by atoms with Gasteiger partial charge in [0.05, 0.1) is 83.9 Å². The number of hydrogen-bond donors (Lipinski definition) is 0. The van der Waals surface area contributed by atoms with Crippen molar-refractivity contribution in [3.8, 4) is 0 Å². The smallest absolute Gasteiger partial charge is 0.383 e. The van der Waals surface area contributed by atoms with Crippen molar-refractivity contribution in [2.45, 2.75) is 25.4 Å². The minimum atomic E-state index is -4.53. The molecule has 0 saturated heterocycles. The molecular formula is C50H48Cl2F6N8O6S2. The molecule has 4 aromatic carbocycles. The highest BCUT2D eigenvalue weighted by atomic mass is 35.5. The molecule has 24 heteroatoms. The lowest BCUT2D eigenvalue weighted by molar-refractivity contribution is -0.139. The van der Waals surface area contributed by atoms with Crippen LogP contribution in [0.25, 0.3) is 34.0 Å². The molecule has 0 unspecified atom stereocenters. The van der Waals surface area contributed by atoms with Crippen LogP contribution in [0.3, 0.4) is 0 Å². The molecule has 0 aliphatic carbocycles. The number of amides is 2. The van der Waals surface area contributed by atoms with Crippen LogP contribution in [0, 0.1) is 0 Å². The summed E-state index contributed by atoms with van der Waals surface area (Å²) in [7, 11) is 6.43. The Morgan fingerprint density at radius 2 is 0.919 bits per heavy atom. The second kappa shape index (κ2) is 25.2. The molecule has 2 aliphatic heterocycles. The lowest BCUT2D eigenvalue weighted by atomic mass is 10.1. The molecule has 2 amide bonds. The molecule has 14 nitrogen and oxygen atoms in total. The largest absolute Gasteiger partial charge is 0.416 e. The Morgan fingerprint density at radius 1 is 0.554 bits per heavy atom. The van der Waals surface area contributed by atoms with Gasteiger partial charge in [-0.3, -0.25) is 19.0 Å². The van der Waals surface area contributed by atoms with Crippen LogP contribution in [0.4, 0.5) is 26.3 Å². The van der Waals surface area contributed by atoms with Crippen molar-refractivity contribution < 1.29 is 54.9 Å². The van der Waals surface area contributed by atoms with Gasteiger partial charge in [0.15, 0.2) is 10.3 Å². The van der Waals surface area contributed by atoms with Crippen molar-refractivity contribution in [3.63, 3.8) is 0 Å². The van der Waals surface area contributed by atoms with E-state index in [1.165, 1.54) is 57.2 Å². The SMILES string of the molecule is COCCN(CCOC)C1=NC(=O)C(=Cc2ccc3c(cnn3Cc3ccc(Cl)cc3C(F)(F)F)c2)S1.COCCN(CCOC)C1=NC(=O)C(=Cc2ccc3c(cnn3Cc3ccc(Cl)cc3C(F)(F)F)c2)S1. The molecule has 0 fully saturated rings. The maximum absolute atomic E-state index is 13.5. The number of ether oxygens (including phenoxy) is 4. The first-order valence-corrected chi connectivity index (χ1v) is 24.9. The molecule has 0 bridgehead atoms. The fraction of sp³-hybridized carbons (Fsp3) is 0.320. The molecule has 0 spiro atoms. The Morgan fingerprint density at radius 3 is 1.26 bits per heavy atom. The van der Waals surface area contributed by atoms with Crippen molar-refractivity contribution in [1.82, 2.24) is 29.4 Å². The highest BCUT2D eigenvalue weighted by Gasteiger charge is 2.35. The number of benzene rings is 4. The molecule has 0 N–H and O–H groups in total. The number of carbonyl (C=O) groups excluding carboxylic acids is 2. The van der Waals surface area contributed by atoms with Crippen molar-refractivity contribution >= 4 is 103 Å². The Bertz CT molecular complexity index is 2900. The lowest BCUT2D eigenvalue weighted by Gasteiger charge is -2.22. The highest BCUT2D eigenvalue weighted by molar-refractivity contribution is 8.18. The van der Waals surface area contributed by atoms with Crippen LogP contribution in [-0.4, -0.2) is 133 Å². The fourth-order valence-electron chi connectivity index (χ4n) is 7.65. The van der Waals surface area contributed by atoms with Gasteiger partial charge in [-0.15, -0.1) is 0 Å². The second-order valence-electron chi connectivity index (χ2n) is 16.4. The predicted molar refractivity (Wildman–Crippen MR) is 277 cm³/mol. The third-order valence-corrected chi connectivity index (χ3v) is 13.9. The maximum Gasteiger partial charge on any atom is 0.416 e. The summed E-state index contributed by atoms with van der Waals surface area (Å²) in [6.45, 7) is 4.08. The van der Waals surface area contributed by atoms with Crippen LogP contribution in [0.1, 0.15) is 33.4 Å². The van der Waals surface area contributed by atoms with E-state index < -0.39 is 23.5 Å². The van der Waals surface area contributed by atoms with Crippen LogP contribution in [0.15, 0.2) is 105 Å². The van der Waals surface area contributed by atoms with Crippen molar-refractivity contribution in [1.29, 1.82) is 0 Å². The van der Waals surface area contributed by atoms with Crippen molar-refractivity contribution in [3.05, 3.63) is 138 Å². The molecule has 74 heavy (non-hydrogen) atoms. The molecule has 6 aromatic rings. The zero-order valence-electron chi connectivity index (χ0n) is 40.2. The van der Waals surface area contributed by atoms with E-state index in [0.717, 1.165) is 34.0 Å². The first kappa shape index (κ1) is 56.0. The number of hydrogen-bond acceptors (Lipinski definition) is 12. The summed E-state index contributed by atoms with van der Waals surface area (Å²) < 4.78 is 105. The first-order chi connectivity index (χ1) is 35.4. The van der Waals surface area contributed by atoms with Crippen LogP contribution >= 0.6 is 46.7 Å². The number of nitrogens with zero attached hydrogens (tertiary/aromatic N) is 8. The summed E-state index contributed by atoms with van der Waals surface area (Å²) in [4.78, 5) is 38.3. The summed E-state index contributed by atoms with van der Waals surface area (Å²) in [6.07, 6.45) is -2.40. The number of aliphatic imine (C=N–C) groups is 2. The predicted octanol–water partition coefficient (Wildman–Crippen LogP) is 10.6. The number of thioether (sulfide) groups is 2. The quantitative estimate of drug-likeness (QED) is 0.0598. The van der Waals surface area contributed by atoms with Gasteiger partial charge in [-0.2, -0.15) is 46.5 Å². The highest BCUT2D eigenvalue weighted by Crippen LogP contribution is 2.37. The van der Waals surface area contributed by atoms with Crippen LogP contribution in [-0.2, 0) is 54.0 Å². The molecule has 2 aliphatic rings. The summed E-state index contributed by atoms with van der Waals surface area (Å²) in [6, 6.07) is 18.2. The molecule has 2 aromatic heterocycles. The Labute approximate surface area is 439 Å². The van der Waals surface area contributed by atoms with Gasteiger partial charge in [0.1, 0.15) is 0 Å². The molecule has 0 radical (unpaired) electrons. The van der Waals surface area contributed by atoms with Gasteiger partial charge in [0.25, 0.3) is 11.8 Å². The molecular weight excluding hydrogens is 1060 g/mol. The average Bonchev–Trinajstić information content (AvgIpc) is 4.15. The van der Waals surface area contributed by atoms with E-state index in [0.29, 0.717) is 83.8 Å². The standard InChI is InChI=1S/2C25H24ClF3N4O3S/c2*1-35-9-7-32(8-10-36-2)24-31-23(34)22(37-24)12-16-3-6-21-18(11-16)14-30-33(21)15-17-4-5-19(26)13-20(17)25(27,28)29/h2*3-6,11-14H,7-10,15H2,1-2H3. The number of aromatic nitrogens is 4. The minimum Gasteiger partial charge on any atom is -0.383 e. The van der Waals surface area contributed by atoms with E-state index in [1.54, 1.807) is 77.3 Å². The number of amidine groups is 2. The first-order valence-electron chi connectivity index (χ1n) is 22.5.